The Balaban J connectivity index is 2.58. The third-order valence-electron chi connectivity index (χ3n) is 1.35. The van der Waals surface area contributed by atoms with Crippen molar-refractivity contribution in [3.05, 3.63) is 24.2 Å². The van der Waals surface area contributed by atoms with E-state index in [0.29, 0.717) is 6.61 Å². The summed E-state index contributed by atoms with van der Waals surface area (Å²) in [6, 6.07) is 0. The maximum atomic E-state index is 5.05. The number of nitrogens with zero attached hydrogens (tertiary/aromatic N) is 2. The first-order valence-electron chi connectivity index (χ1n) is 4.01. The lowest BCUT2D eigenvalue weighted by Crippen LogP contribution is -1.85. The molecule has 0 saturated carbocycles. The molecular weight excluding hydrogens is 184 g/mol. The number of aromatic nitrogens is 2. The van der Waals surface area contributed by atoms with Crippen LogP contribution in [0.25, 0.3) is 6.08 Å². The molecule has 1 aromatic heterocycles. The first kappa shape index (κ1) is 10.1. The Bertz CT molecular complexity index is 271. The number of hydrogen-bond acceptors (Lipinski definition) is 4. The summed E-state index contributed by atoms with van der Waals surface area (Å²) in [5.74, 6) is 0. The van der Waals surface area contributed by atoms with Gasteiger partial charge in [0.2, 0.25) is 0 Å². The van der Waals surface area contributed by atoms with Crippen LogP contribution in [-0.2, 0) is 4.74 Å². The molecule has 0 radical (unpaired) electrons. The zero-order chi connectivity index (χ0) is 9.52. The molecule has 0 bridgehead atoms. The topological polar surface area (TPSA) is 35.0 Å². The van der Waals surface area contributed by atoms with Crippen LogP contribution in [0.5, 0.6) is 0 Å². The largest absolute Gasteiger partial charge is 0.501 e. The molecule has 13 heavy (non-hydrogen) atoms. The van der Waals surface area contributed by atoms with E-state index in [9.17, 15) is 0 Å². The molecule has 0 saturated heterocycles. The maximum Gasteiger partial charge on any atom is 0.187 e. The van der Waals surface area contributed by atoms with Gasteiger partial charge < -0.3 is 4.74 Å². The van der Waals surface area contributed by atoms with Gasteiger partial charge in [0.15, 0.2) is 5.16 Å². The van der Waals surface area contributed by atoms with Crippen molar-refractivity contribution in [1.82, 2.24) is 9.97 Å². The molecule has 1 heterocycles. The van der Waals surface area contributed by atoms with Crippen LogP contribution in [0.3, 0.4) is 0 Å². The molecule has 0 unspecified atom stereocenters. The molecule has 0 aliphatic heterocycles. The Morgan fingerprint density at radius 1 is 1.46 bits per heavy atom. The summed E-state index contributed by atoms with van der Waals surface area (Å²) in [6.07, 6.45) is 8.98. The molecule has 0 atom stereocenters. The zero-order valence-corrected chi connectivity index (χ0v) is 8.54. The summed E-state index contributed by atoms with van der Waals surface area (Å²) in [6.45, 7) is 2.62. The fraction of sp³-hybridized carbons (Fsp3) is 0.333. The minimum atomic E-state index is 0.681. The van der Waals surface area contributed by atoms with Crippen LogP contribution >= 0.6 is 11.8 Å². The van der Waals surface area contributed by atoms with Crippen LogP contribution in [0.15, 0.2) is 23.8 Å². The molecular formula is C9H12N2OS. The van der Waals surface area contributed by atoms with E-state index < -0.39 is 0 Å². The van der Waals surface area contributed by atoms with Gasteiger partial charge in [-0.25, -0.2) is 9.97 Å². The molecule has 4 heteroatoms. The van der Waals surface area contributed by atoms with Gasteiger partial charge in [0.1, 0.15) is 0 Å². The van der Waals surface area contributed by atoms with E-state index >= 15 is 0 Å². The van der Waals surface area contributed by atoms with E-state index in [1.54, 1.807) is 18.7 Å². The van der Waals surface area contributed by atoms with Crippen molar-refractivity contribution < 1.29 is 4.74 Å². The van der Waals surface area contributed by atoms with Crippen molar-refractivity contribution in [2.75, 3.05) is 12.9 Å². The van der Waals surface area contributed by atoms with Crippen molar-refractivity contribution >= 4 is 17.8 Å². The SMILES string of the molecule is CCOC=Cc1cnc(SC)nc1. The third kappa shape index (κ3) is 3.46. The van der Waals surface area contributed by atoms with Gasteiger partial charge in [0, 0.05) is 18.0 Å². The van der Waals surface area contributed by atoms with E-state index in [1.165, 1.54) is 11.8 Å². The molecule has 0 fully saturated rings. The standard InChI is InChI=1S/C9H12N2OS/c1-3-12-5-4-8-6-10-9(13-2)11-7-8/h4-7H,3H2,1-2H3. The maximum absolute atomic E-state index is 5.05. The minimum Gasteiger partial charge on any atom is -0.501 e. The van der Waals surface area contributed by atoms with Gasteiger partial charge in [-0.15, -0.1) is 0 Å². The quantitative estimate of drug-likeness (QED) is 0.420. The fourth-order valence-corrected chi connectivity index (χ4v) is 1.06. The van der Waals surface area contributed by atoms with Gasteiger partial charge in [-0.05, 0) is 19.3 Å². The number of rotatable bonds is 4. The van der Waals surface area contributed by atoms with Crippen LogP contribution in [-0.4, -0.2) is 22.8 Å². The number of ether oxygens (including phenoxy) is 1. The van der Waals surface area contributed by atoms with Crippen LogP contribution in [0.2, 0.25) is 0 Å². The Kier molecular flexibility index (Phi) is 4.32. The highest BCUT2D eigenvalue weighted by Gasteiger charge is 1.91. The smallest absolute Gasteiger partial charge is 0.187 e. The van der Waals surface area contributed by atoms with Crippen molar-refractivity contribution in [3.8, 4) is 0 Å². The Labute approximate surface area is 82.2 Å². The molecule has 0 aromatic carbocycles. The molecule has 0 aliphatic carbocycles. The second kappa shape index (κ2) is 5.59. The molecule has 1 aromatic rings. The van der Waals surface area contributed by atoms with Gasteiger partial charge in [-0.3, -0.25) is 0 Å². The van der Waals surface area contributed by atoms with Crippen molar-refractivity contribution in [1.29, 1.82) is 0 Å². The first-order chi connectivity index (χ1) is 6.36. The average molecular weight is 196 g/mol. The monoisotopic (exact) mass is 196 g/mol. The highest BCUT2D eigenvalue weighted by molar-refractivity contribution is 7.98. The second-order valence-corrected chi connectivity index (χ2v) is 3.03. The average Bonchev–Trinajstić information content (AvgIpc) is 2.19. The Morgan fingerprint density at radius 2 is 2.15 bits per heavy atom. The number of hydrogen-bond donors (Lipinski definition) is 0. The Hall–Kier alpha value is -1.03. The van der Waals surface area contributed by atoms with Crippen LogP contribution in [0.1, 0.15) is 12.5 Å². The molecule has 0 spiro atoms. The van der Waals surface area contributed by atoms with E-state index in [2.05, 4.69) is 9.97 Å². The first-order valence-corrected chi connectivity index (χ1v) is 5.23. The van der Waals surface area contributed by atoms with Gasteiger partial charge in [-0.2, -0.15) is 0 Å². The van der Waals surface area contributed by atoms with Gasteiger partial charge >= 0.3 is 0 Å². The van der Waals surface area contributed by atoms with E-state index in [-0.39, 0.29) is 0 Å². The van der Waals surface area contributed by atoms with Crippen LogP contribution in [0.4, 0.5) is 0 Å². The van der Waals surface area contributed by atoms with Crippen LogP contribution in [0, 0.1) is 0 Å². The lowest BCUT2D eigenvalue weighted by Gasteiger charge is -1.95. The predicted molar refractivity (Wildman–Crippen MR) is 54.5 cm³/mol. The lowest BCUT2D eigenvalue weighted by molar-refractivity contribution is 0.272. The molecule has 70 valence electrons. The number of thioether (sulfide) groups is 1. The Morgan fingerprint density at radius 3 is 2.69 bits per heavy atom. The molecule has 0 amide bonds. The predicted octanol–water partition coefficient (Wildman–Crippen LogP) is 2.21. The summed E-state index contributed by atoms with van der Waals surface area (Å²) in [5.41, 5.74) is 0.950. The summed E-state index contributed by atoms with van der Waals surface area (Å²) in [7, 11) is 0. The highest BCUT2D eigenvalue weighted by atomic mass is 32.2. The summed E-state index contributed by atoms with van der Waals surface area (Å²) >= 11 is 1.53. The molecule has 0 aliphatic rings. The molecule has 3 nitrogen and oxygen atoms in total. The van der Waals surface area contributed by atoms with Crippen molar-refractivity contribution in [2.24, 2.45) is 0 Å². The zero-order valence-electron chi connectivity index (χ0n) is 7.73. The van der Waals surface area contributed by atoms with E-state index in [1.807, 2.05) is 19.3 Å². The second-order valence-electron chi connectivity index (χ2n) is 2.26. The molecule has 1 rings (SSSR count). The third-order valence-corrected chi connectivity index (χ3v) is 1.93. The van der Waals surface area contributed by atoms with Crippen molar-refractivity contribution in [3.63, 3.8) is 0 Å². The minimum absolute atomic E-state index is 0.681. The summed E-state index contributed by atoms with van der Waals surface area (Å²) in [4.78, 5) is 8.24. The van der Waals surface area contributed by atoms with Gasteiger partial charge in [0.25, 0.3) is 0 Å². The molecule has 0 N–H and O–H groups in total. The van der Waals surface area contributed by atoms with E-state index in [4.69, 9.17) is 4.74 Å². The fourth-order valence-electron chi connectivity index (χ4n) is 0.741. The summed E-state index contributed by atoms with van der Waals surface area (Å²) < 4.78 is 5.05. The highest BCUT2D eigenvalue weighted by Crippen LogP contribution is 2.07. The van der Waals surface area contributed by atoms with E-state index in [0.717, 1.165) is 10.7 Å². The van der Waals surface area contributed by atoms with Crippen molar-refractivity contribution in [2.45, 2.75) is 12.1 Å². The summed E-state index contributed by atoms with van der Waals surface area (Å²) in [5, 5.41) is 0.786. The normalized spacial score (nSPS) is 10.6. The van der Waals surface area contributed by atoms with Gasteiger partial charge in [-0.1, -0.05) is 11.8 Å². The lowest BCUT2D eigenvalue weighted by atomic mass is 10.3. The van der Waals surface area contributed by atoms with Crippen LogP contribution < -0.4 is 0 Å². The van der Waals surface area contributed by atoms with Gasteiger partial charge in [0.05, 0.1) is 12.9 Å².